The van der Waals surface area contributed by atoms with Crippen LogP contribution in [0.4, 0.5) is 0 Å². The van der Waals surface area contributed by atoms with Gasteiger partial charge in [-0.1, -0.05) is 29.0 Å². The monoisotopic (exact) mass is 351 g/mol. The Morgan fingerprint density at radius 1 is 1.08 bits per heavy atom. The molecule has 3 aromatic rings. The van der Waals surface area contributed by atoms with E-state index in [9.17, 15) is 4.79 Å². The lowest BCUT2D eigenvalue weighted by atomic mass is 10.1. The van der Waals surface area contributed by atoms with E-state index in [0.29, 0.717) is 5.69 Å². The van der Waals surface area contributed by atoms with Crippen LogP contribution in [0.15, 0.2) is 42.5 Å². The van der Waals surface area contributed by atoms with Crippen molar-refractivity contribution in [3.8, 4) is 11.4 Å². The highest BCUT2D eigenvalue weighted by Crippen LogP contribution is 2.18. The fourth-order valence-corrected chi connectivity index (χ4v) is 2.71. The summed E-state index contributed by atoms with van der Waals surface area (Å²) >= 11 is 0. The molecule has 134 valence electrons. The van der Waals surface area contributed by atoms with Crippen LogP contribution in [0.3, 0.4) is 0 Å². The van der Waals surface area contributed by atoms with E-state index in [-0.39, 0.29) is 12.3 Å². The van der Waals surface area contributed by atoms with E-state index < -0.39 is 5.97 Å². The van der Waals surface area contributed by atoms with Crippen molar-refractivity contribution in [1.82, 2.24) is 15.0 Å². The summed E-state index contributed by atoms with van der Waals surface area (Å²) in [5.41, 5.74) is 4.88. The molecule has 0 aliphatic rings. The molecule has 0 aliphatic heterocycles. The summed E-state index contributed by atoms with van der Waals surface area (Å²) in [6, 6.07) is 13.4. The van der Waals surface area contributed by atoms with Crippen molar-refractivity contribution in [1.29, 1.82) is 0 Å². The number of esters is 1. The zero-order valence-electron chi connectivity index (χ0n) is 15.3. The van der Waals surface area contributed by atoms with E-state index in [1.807, 2.05) is 50.2 Å². The summed E-state index contributed by atoms with van der Waals surface area (Å²) in [4.78, 5) is 12.4. The first-order valence-electron chi connectivity index (χ1n) is 8.29. The van der Waals surface area contributed by atoms with Crippen LogP contribution < -0.4 is 4.74 Å². The van der Waals surface area contributed by atoms with Gasteiger partial charge in [0.25, 0.3) is 0 Å². The van der Waals surface area contributed by atoms with Crippen molar-refractivity contribution >= 4 is 5.97 Å². The van der Waals surface area contributed by atoms with Gasteiger partial charge in [0.1, 0.15) is 12.4 Å². The molecule has 2 aromatic carbocycles. The summed E-state index contributed by atoms with van der Waals surface area (Å²) in [6.07, 6.45) is 0. The Morgan fingerprint density at radius 3 is 2.46 bits per heavy atom. The average molecular weight is 351 g/mol. The highest BCUT2D eigenvalue weighted by Gasteiger charge is 2.19. The van der Waals surface area contributed by atoms with Crippen molar-refractivity contribution in [2.24, 2.45) is 0 Å². The molecule has 1 heterocycles. The number of methoxy groups -OCH3 is 1. The average Bonchev–Trinajstić information content (AvgIpc) is 3.02. The van der Waals surface area contributed by atoms with Gasteiger partial charge in [-0.2, -0.15) is 0 Å². The largest absolute Gasteiger partial charge is 0.497 e. The van der Waals surface area contributed by atoms with Crippen molar-refractivity contribution in [3.05, 3.63) is 70.5 Å². The van der Waals surface area contributed by atoms with Gasteiger partial charge in [0.05, 0.1) is 18.5 Å². The molecule has 6 nitrogen and oxygen atoms in total. The third kappa shape index (κ3) is 3.59. The minimum Gasteiger partial charge on any atom is -0.497 e. The SMILES string of the molecule is COc1ccc(-n2nnc(C(=O)OCc3ccc(C)cc3C)c2C)cc1. The molecule has 6 heteroatoms. The predicted molar refractivity (Wildman–Crippen MR) is 97.7 cm³/mol. The van der Waals surface area contributed by atoms with Gasteiger partial charge in [-0.15, -0.1) is 5.10 Å². The van der Waals surface area contributed by atoms with E-state index in [1.165, 1.54) is 5.56 Å². The Labute approximate surface area is 152 Å². The number of aromatic nitrogens is 3. The Balaban J connectivity index is 1.75. The molecule has 0 saturated carbocycles. The van der Waals surface area contributed by atoms with E-state index >= 15 is 0 Å². The normalized spacial score (nSPS) is 10.6. The topological polar surface area (TPSA) is 66.2 Å². The van der Waals surface area contributed by atoms with Gasteiger partial charge < -0.3 is 9.47 Å². The van der Waals surface area contributed by atoms with E-state index in [2.05, 4.69) is 16.4 Å². The first-order chi connectivity index (χ1) is 12.5. The maximum absolute atomic E-state index is 12.4. The van der Waals surface area contributed by atoms with Crippen molar-refractivity contribution in [3.63, 3.8) is 0 Å². The third-order valence-corrected chi connectivity index (χ3v) is 4.26. The molecule has 0 aliphatic carbocycles. The molecular weight excluding hydrogens is 330 g/mol. The highest BCUT2D eigenvalue weighted by molar-refractivity contribution is 5.88. The fourth-order valence-electron chi connectivity index (χ4n) is 2.71. The zero-order valence-corrected chi connectivity index (χ0v) is 15.3. The molecule has 0 N–H and O–H groups in total. The van der Waals surface area contributed by atoms with Crippen LogP contribution >= 0.6 is 0 Å². The minimum absolute atomic E-state index is 0.208. The number of aryl methyl sites for hydroxylation is 2. The summed E-state index contributed by atoms with van der Waals surface area (Å²) in [5.74, 6) is 0.266. The van der Waals surface area contributed by atoms with Crippen LogP contribution in [0.25, 0.3) is 5.69 Å². The van der Waals surface area contributed by atoms with Crippen molar-refractivity contribution in [2.75, 3.05) is 7.11 Å². The second-order valence-electron chi connectivity index (χ2n) is 6.14. The molecule has 1 aromatic heterocycles. The van der Waals surface area contributed by atoms with Gasteiger partial charge in [-0.3, -0.25) is 0 Å². The minimum atomic E-state index is -0.484. The Morgan fingerprint density at radius 2 is 1.81 bits per heavy atom. The number of hydrogen-bond donors (Lipinski definition) is 0. The third-order valence-electron chi connectivity index (χ3n) is 4.26. The Bertz CT molecular complexity index is 930. The lowest BCUT2D eigenvalue weighted by Gasteiger charge is -2.08. The van der Waals surface area contributed by atoms with Crippen molar-refractivity contribution in [2.45, 2.75) is 27.4 Å². The molecule has 0 fully saturated rings. The summed E-state index contributed by atoms with van der Waals surface area (Å²) < 4.78 is 12.2. The standard InChI is InChI=1S/C20H21N3O3/c1-13-5-6-16(14(2)11-13)12-26-20(24)19-15(3)23(22-21-19)17-7-9-18(25-4)10-8-17/h5-11H,12H2,1-4H3. The molecule has 3 rings (SSSR count). The molecule has 0 unspecified atom stereocenters. The van der Waals surface area contributed by atoms with Gasteiger partial charge in [0.15, 0.2) is 5.69 Å². The van der Waals surface area contributed by atoms with Crippen LogP contribution in [0.5, 0.6) is 5.75 Å². The number of rotatable bonds is 5. The zero-order chi connectivity index (χ0) is 18.7. The molecule has 0 atom stereocenters. The highest BCUT2D eigenvalue weighted by atomic mass is 16.5. The number of nitrogens with zero attached hydrogens (tertiary/aromatic N) is 3. The van der Waals surface area contributed by atoms with E-state index in [0.717, 1.165) is 22.6 Å². The number of carbonyl (C=O) groups is 1. The van der Waals surface area contributed by atoms with Gasteiger partial charge in [-0.25, -0.2) is 9.48 Å². The summed E-state index contributed by atoms with van der Waals surface area (Å²) in [5, 5.41) is 8.06. The lowest BCUT2D eigenvalue weighted by molar-refractivity contribution is 0.0464. The molecular formula is C20H21N3O3. The maximum Gasteiger partial charge on any atom is 0.361 e. The van der Waals surface area contributed by atoms with Crippen LogP contribution in [0.2, 0.25) is 0 Å². The summed E-state index contributed by atoms with van der Waals surface area (Å²) in [7, 11) is 1.61. The summed E-state index contributed by atoms with van der Waals surface area (Å²) in [6.45, 7) is 6.03. The first-order valence-corrected chi connectivity index (χ1v) is 8.29. The van der Waals surface area contributed by atoms with Crippen LogP contribution in [-0.2, 0) is 11.3 Å². The molecule has 0 amide bonds. The number of ether oxygens (including phenoxy) is 2. The van der Waals surface area contributed by atoms with E-state index in [1.54, 1.807) is 18.7 Å². The number of carbonyl (C=O) groups excluding carboxylic acids is 1. The molecule has 0 spiro atoms. The number of benzene rings is 2. The fraction of sp³-hybridized carbons (Fsp3) is 0.250. The molecule has 0 radical (unpaired) electrons. The van der Waals surface area contributed by atoms with Crippen LogP contribution in [0, 0.1) is 20.8 Å². The van der Waals surface area contributed by atoms with Gasteiger partial charge >= 0.3 is 5.97 Å². The van der Waals surface area contributed by atoms with Crippen molar-refractivity contribution < 1.29 is 14.3 Å². The first kappa shape index (κ1) is 17.7. The van der Waals surface area contributed by atoms with Gasteiger partial charge in [0, 0.05) is 0 Å². The predicted octanol–water partition coefficient (Wildman–Crippen LogP) is 3.56. The van der Waals surface area contributed by atoms with Crippen LogP contribution in [0.1, 0.15) is 32.9 Å². The smallest absolute Gasteiger partial charge is 0.361 e. The lowest BCUT2D eigenvalue weighted by Crippen LogP contribution is -2.09. The maximum atomic E-state index is 12.4. The van der Waals surface area contributed by atoms with Gasteiger partial charge in [-0.05, 0) is 56.2 Å². The Kier molecular flexibility index (Phi) is 5.02. The Hall–Kier alpha value is -3.15. The molecule has 26 heavy (non-hydrogen) atoms. The second-order valence-corrected chi connectivity index (χ2v) is 6.14. The quantitative estimate of drug-likeness (QED) is 0.658. The van der Waals surface area contributed by atoms with E-state index in [4.69, 9.17) is 9.47 Å². The molecule has 0 bridgehead atoms. The second kappa shape index (κ2) is 7.39. The van der Waals surface area contributed by atoms with Gasteiger partial charge in [0.2, 0.25) is 0 Å². The molecule has 0 saturated heterocycles. The van der Waals surface area contributed by atoms with Crippen LogP contribution in [-0.4, -0.2) is 28.1 Å². The number of hydrogen-bond acceptors (Lipinski definition) is 5.